The van der Waals surface area contributed by atoms with Crippen LogP contribution in [0.25, 0.3) is 45.2 Å². The van der Waals surface area contributed by atoms with Gasteiger partial charge in [-0.3, -0.25) is 4.79 Å². The third-order valence-corrected chi connectivity index (χ3v) is 5.46. The molecule has 4 heteroatoms. The molecule has 1 aromatic heterocycles. The quantitative estimate of drug-likeness (QED) is 0.315. The highest BCUT2D eigenvalue weighted by Crippen LogP contribution is 2.39. The topological polar surface area (TPSA) is 63.3 Å². The molecular weight excluding hydrogens is 410 g/mol. The molecule has 1 heterocycles. The van der Waals surface area contributed by atoms with Gasteiger partial charge in [-0.05, 0) is 22.8 Å². The smallest absolute Gasteiger partial charge is 0.307 e. The summed E-state index contributed by atoms with van der Waals surface area (Å²) in [5.74, 6) is 0.381. The van der Waals surface area contributed by atoms with Gasteiger partial charge < -0.3 is 9.52 Å². The van der Waals surface area contributed by atoms with Crippen LogP contribution in [0.4, 0.5) is 0 Å². The molecule has 160 valence electrons. The summed E-state index contributed by atoms with van der Waals surface area (Å²) >= 11 is 0. The van der Waals surface area contributed by atoms with Gasteiger partial charge in [0.1, 0.15) is 5.69 Å². The van der Waals surface area contributed by atoms with Gasteiger partial charge in [-0.2, -0.15) is 0 Å². The number of carboxylic acid groups (broad SMARTS) is 1. The van der Waals surface area contributed by atoms with E-state index < -0.39 is 5.97 Å². The molecule has 0 unspecified atom stereocenters. The number of rotatable bonds is 6. The van der Waals surface area contributed by atoms with Crippen LogP contribution in [0, 0.1) is 0 Å². The molecule has 4 aromatic carbocycles. The van der Waals surface area contributed by atoms with Crippen molar-refractivity contribution >= 4 is 5.97 Å². The zero-order valence-corrected chi connectivity index (χ0v) is 17.8. The minimum Gasteiger partial charge on any atom is -0.481 e. The third kappa shape index (κ3) is 4.32. The van der Waals surface area contributed by atoms with Crippen molar-refractivity contribution < 1.29 is 14.3 Å². The summed E-state index contributed by atoms with van der Waals surface area (Å²) in [6, 6.07) is 35.4. The molecule has 0 atom stereocenters. The van der Waals surface area contributed by atoms with Crippen molar-refractivity contribution in [1.29, 1.82) is 0 Å². The summed E-state index contributed by atoms with van der Waals surface area (Å²) in [6.07, 6.45) is -0.0225. The number of oxazole rings is 1. The Bertz CT molecular complexity index is 1350. The van der Waals surface area contributed by atoms with Gasteiger partial charge in [-0.1, -0.05) is 103 Å². The standard InChI is InChI=1S/C29H21NO3/c31-26(32)19-20-10-9-15-23(18-20)24-16-7-8-17-25(24)29-30-27(21-11-3-1-4-12-21)28(33-29)22-13-5-2-6-14-22/h1-18H,19H2,(H,31,32). The molecule has 1 N–H and O–H groups in total. The molecule has 0 aliphatic heterocycles. The van der Waals surface area contributed by atoms with E-state index in [0.29, 0.717) is 11.7 Å². The summed E-state index contributed by atoms with van der Waals surface area (Å²) in [5, 5.41) is 9.19. The van der Waals surface area contributed by atoms with Gasteiger partial charge in [0.2, 0.25) is 5.89 Å². The first-order chi connectivity index (χ1) is 16.2. The van der Waals surface area contributed by atoms with E-state index in [1.165, 1.54) is 0 Å². The van der Waals surface area contributed by atoms with Crippen molar-refractivity contribution in [3.63, 3.8) is 0 Å². The number of nitrogens with zero attached hydrogens (tertiary/aromatic N) is 1. The molecule has 0 fully saturated rings. The highest BCUT2D eigenvalue weighted by Gasteiger charge is 2.20. The van der Waals surface area contributed by atoms with Gasteiger partial charge in [0, 0.05) is 16.7 Å². The number of carboxylic acids is 1. The van der Waals surface area contributed by atoms with Crippen LogP contribution in [0.5, 0.6) is 0 Å². The molecule has 5 rings (SSSR count). The maximum Gasteiger partial charge on any atom is 0.307 e. The van der Waals surface area contributed by atoms with Crippen molar-refractivity contribution in [2.45, 2.75) is 6.42 Å². The first kappa shape index (κ1) is 20.5. The SMILES string of the molecule is O=C(O)Cc1cccc(-c2ccccc2-c2nc(-c3ccccc3)c(-c3ccccc3)o2)c1. The van der Waals surface area contributed by atoms with Crippen LogP contribution in [-0.4, -0.2) is 16.1 Å². The molecule has 0 saturated carbocycles. The Morgan fingerprint density at radius 1 is 0.697 bits per heavy atom. The number of benzene rings is 4. The van der Waals surface area contributed by atoms with E-state index in [4.69, 9.17) is 9.40 Å². The summed E-state index contributed by atoms with van der Waals surface area (Å²) in [5.41, 5.74) is 6.17. The number of hydrogen-bond acceptors (Lipinski definition) is 3. The number of carbonyl (C=O) groups is 1. The van der Waals surface area contributed by atoms with E-state index in [1.54, 1.807) is 0 Å². The average Bonchev–Trinajstić information content (AvgIpc) is 3.30. The average molecular weight is 431 g/mol. The van der Waals surface area contributed by atoms with Crippen LogP contribution in [0.1, 0.15) is 5.56 Å². The molecule has 0 aliphatic carbocycles. The lowest BCUT2D eigenvalue weighted by Gasteiger charge is -2.08. The minimum absolute atomic E-state index is 0.0225. The van der Waals surface area contributed by atoms with Crippen molar-refractivity contribution in [1.82, 2.24) is 4.98 Å². The van der Waals surface area contributed by atoms with Gasteiger partial charge in [-0.15, -0.1) is 0 Å². The molecule has 0 spiro atoms. The number of aromatic nitrogens is 1. The molecule has 33 heavy (non-hydrogen) atoms. The van der Waals surface area contributed by atoms with Gasteiger partial charge in [0.25, 0.3) is 0 Å². The van der Waals surface area contributed by atoms with E-state index in [0.717, 1.165) is 39.1 Å². The maximum absolute atomic E-state index is 11.2. The lowest BCUT2D eigenvalue weighted by Crippen LogP contribution is -1.99. The number of aliphatic carboxylic acids is 1. The molecule has 0 bridgehead atoms. The third-order valence-electron chi connectivity index (χ3n) is 5.46. The first-order valence-corrected chi connectivity index (χ1v) is 10.7. The normalized spacial score (nSPS) is 10.8. The Balaban J connectivity index is 1.66. The van der Waals surface area contributed by atoms with E-state index in [9.17, 15) is 9.90 Å². The van der Waals surface area contributed by atoms with Crippen molar-refractivity contribution in [3.05, 3.63) is 115 Å². The van der Waals surface area contributed by atoms with Crippen LogP contribution in [-0.2, 0) is 11.2 Å². The van der Waals surface area contributed by atoms with Crippen LogP contribution >= 0.6 is 0 Å². The van der Waals surface area contributed by atoms with Crippen molar-refractivity contribution in [2.75, 3.05) is 0 Å². The highest BCUT2D eigenvalue weighted by molar-refractivity contribution is 5.84. The summed E-state index contributed by atoms with van der Waals surface area (Å²) in [7, 11) is 0. The van der Waals surface area contributed by atoms with Crippen molar-refractivity contribution in [2.24, 2.45) is 0 Å². The fraction of sp³-hybridized carbons (Fsp3) is 0.0345. The predicted molar refractivity (Wildman–Crippen MR) is 130 cm³/mol. The Kier molecular flexibility index (Phi) is 5.56. The Labute approximate surface area is 191 Å². The summed E-state index contributed by atoms with van der Waals surface area (Å²) in [6.45, 7) is 0. The van der Waals surface area contributed by atoms with Gasteiger partial charge >= 0.3 is 5.97 Å². The molecule has 0 saturated heterocycles. The first-order valence-electron chi connectivity index (χ1n) is 10.7. The van der Waals surface area contributed by atoms with Gasteiger partial charge in [0.05, 0.1) is 6.42 Å². The van der Waals surface area contributed by atoms with E-state index in [-0.39, 0.29) is 6.42 Å². The predicted octanol–water partition coefficient (Wildman–Crippen LogP) is 6.97. The van der Waals surface area contributed by atoms with Gasteiger partial charge in [0.15, 0.2) is 5.76 Å². The molecular formula is C29H21NO3. The lowest BCUT2D eigenvalue weighted by molar-refractivity contribution is -0.136. The second-order valence-corrected chi connectivity index (χ2v) is 7.75. The van der Waals surface area contributed by atoms with Crippen molar-refractivity contribution in [3.8, 4) is 45.2 Å². The fourth-order valence-corrected chi connectivity index (χ4v) is 3.96. The number of hydrogen-bond donors (Lipinski definition) is 1. The Morgan fingerprint density at radius 2 is 1.30 bits per heavy atom. The van der Waals surface area contributed by atoms with Gasteiger partial charge in [-0.25, -0.2) is 4.98 Å². The lowest BCUT2D eigenvalue weighted by atomic mass is 9.97. The van der Waals surface area contributed by atoms with E-state index >= 15 is 0 Å². The zero-order valence-electron chi connectivity index (χ0n) is 17.8. The van der Waals surface area contributed by atoms with Crippen LogP contribution in [0.15, 0.2) is 114 Å². The maximum atomic E-state index is 11.2. The van der Waals surface area contributed by atoms with E-state index in [2.05, 4.69) is 0 Å². The van der Waals surface area contributed by atoms with Crippen LogP contribution < -0.4 is 0 Å². The fourth-order valence-electron chi connectivity index (χ4n) is 3.96. The Morgan fingerprint density at radius 3 is 2.00 bits per heavy atom. The second-order valence-electron chi connectivity index (χ2n) is 7.75. The van der Waals surface area contributed by atoms with Crippen LogP contribution in [0.3, 0.4) is 0 Å². The molecule has 5 aromatic rings. The second kappa shape index (κ2) is 8.97. The molecule has 4 nitrogen and oxygen atoms in total. The largest absolute Gasteiger partial charge is 0.481 e. The molecule has 0 radical (unpaired) electrons. The minimum atomic E-state index is -0.854. The summed E-state index contributed by atoms with van der Waals surface area (Å²) in [4.78, 5) is 16.1. The molecule has 0 aliphatic rings. The Hall–Kier alpha value is -4.44. The van der Waals surface area contributed by atoms with E-state index in [1.807, 2.05) is 109 Å². The highest BCUT2D eigenvalue weighted by atomic mass is 16.4. The summed E-state index contributed by atoms with van der Waals surface area (Å²) < 4.78 is 6.39. The molecule has 0 amide bonds. The monoisotopic (exact) mass is 431 g/mol. The van der Waals surface area contributed by atoms with Crippen LogP contribution in [0.2, 0.25) is 0 Å². The zero-order chi connectivity index (χ0) is 22.6.